The molecule has 3 rings (SSSR count). The Bertz CT molecular complexity index is 1160. The van der Waals surface area contributed by atoms with Crippen molar-refractivity contribution in [3.63, 3.8) is 0 Å². The van der Waals surface area contributed by atoms with Crippen LogP contribution in [0.2, 0.25) is 0 Å². The number of carbonyl (C=O) groups is 2. The normalized spacial score (nSPS) is 13.4. The topological polar surface area (TPSA) is 94.5 Å². The molecule has 0 aromatic heterocycles. The lowest BCUT2D eigenvalue weighted by molar-refractivity contribution is 0.0562. The molecular formula is C29H36N4O3. The fourth-order valence-electron chi connectivity index (χ4n) is 4.15. The average molecular weight is 489 g/mol. The third-order valence-corrected chi connectivity index (χ3v) is 6.06. The van der Waals surface area contributed by atoms with Crippen molar-refractivity contribution in [3.8, 4) is 11.8 Å². The number of nitrogens with zero attached hydrogens (tertiary/aromatic N) is 1. The first-order valence-corrected chi connectivity index (χ1v) is 12.3. The SMILES string of the molecule is Cc1cc(C#CCNc2ccc(C(=N)NC(=O)OC(C)(C)C)cc2)ccc1C(=O)N(C)C1CCCC1. The van der Waals surface area contributed by atoms with E-state index in [0.29, 0.717) is 18.2 Å². The van der Waals surface area contributed by atoms with Crippen LogP contribution in [0.4, 0.5) is 10.5 Å². The Hall–Kier alpha value is -3.79. The highest BCUT2D eigenvalue weighted by Crippen LogP contribution is 2.24. The molecule has 190 valence electrons. The first-order valence-electron chi connectivity index (χ1n) is 12.3. The van der Waals surface area contributed by atoms with Crippen LogP contribution in [0, 0.1) is 24.2 Å². The van der Waals surface area contributed by atoms with Crippen LogP contribution in [0.25, 0.3) is 0 Å². The van der Waals surface area contributed by atoms with Gasteiger partial charge in [0, 0.05) is 35.5 Å². The molecule has 7 nitrogen and oxygen atoms in total. The molecule has 0 spiro atoms. The molecule has 2 aromatic rings. The van der Waals surface area contributed by atoms with Gasteiger partial charge < -0.3 is 15.0 Å². The largest absolute Gasteiger partial charge is 0.444 e. The zero-order valence-corrected chi connectivity index (χ0v) is 21.8. The quantitative estimate of drug-likeness (QED) is 0.301. The molecule has 1 fully saturated rings. The Morgan fingerprint density at radius 3 is 2.39 bits per heavy atom. The van der Waals surface area contributed by atoms with E-state index in [9.17, 15) is 9.59 Å². The molecule has 0 atom stereocenters. The molecule has 0 heterocycles. The van der Waals surface area contributed by atoms with Crippen molar-refractivity contribution in [3.05, 3.63) is 64.7 Å². The molecule has 2 amide bonds. The fourth-order valence-corrected chi connectivity index (χ4v) is 4.15. The van der Waals surface area contributed by atoms with Crippen molar-refractivity contribution in [2.24, 2.45) is 0 Å². The molecule has 2 aromatic carbocycles. The maximum Gasteiger partial charge on any atom is 0.413 e. The van der Waals surface area contributed by atoms with Crippen molar-refractivity contribution >= 4 is 23.5 Å². The number of benzene rings is 2. The predicted molar refractivity (Wildman–Crippen MR) is 144 cm³/mol. The van der Waals surface area contributed by atoms with Crippen LogP contribution >= 0.6 is 0 Å². The molecule has 0 radical (unpaired) electrons. The van der Waals surface area contributed by atoms with Gasteiger partial charge in [0.15, 0.2) is 0 Å². The Balaban J connectivity index is 1.51. The van der Waals surface area contributed by atoms with Crippen LogP contribution in [0.5, 0.6) is 0 Å². The zero-order valence-electron chi connectivity index (χ0n) is 21.8. The Labute approximate surface area is 214 Å². The van der Waals surface area contributed by atoms with Gasteiger partial charge in [0.1, 0.15) is 11.4 Å². The van der Waals surface area contributed by atoms with Gasteiger partial charge in [-0.1, -0.05) is 24.7 Å². The molecule has 0 bridgehead atoms. The summed E-state index contributed by atoms with van der Waals surface area (Å²) in [6.45, 7) is 7.71. The molecule has 1 aliphatic carbocycles. The number of rotatable bonds is 5. The van der Waals surface area contributed by atoms with Crippen LogP contribution in [-0.2, 0) is 4.74 Å². The third kappa shape index (κ3) is 7.61. The summed E-state index contributed by atoms with van der Waals surface area (Å²) in [5.41, 5.74) is 3.34. The summed E-state index contributed by atoms with van der Waals surface area (Å²) in [5, 5.41) is 13.7. The third-order valence-electron chi connectivity index (χ3n) is 6.06. The number of amidine groups is 1. The van der Waals surface area contributed by atoms with Gasteiger partial charge in [0.25, 0.3) is 5.91 Å². The lowest BCUT2D eigenvalue weighted by Gasteiger charge is -2.25. The van der Waals surface area contributed by atoms with Crippen LogP contribution in [0.15, 0.2) is 42.5 Å². The molecule has 7 heteroatoms. The van der Waals surface area contributed by atoms with Crippen LogP contribution < -0.4 is 10.6 Å². The summed E-state index contributed by atoms with van der Waals surface area (Å²) in [6, 6.07) is 13.2. The van der Waals surface area contributed by atoms with E-state index in [1.54, 1.807) is 32.9 Å². The van der Waals surface area contributed by atoms with Gasteiger partial charge in [0.05, 0.1) is 6.54 Å². The highest BCUT2D eigenvalue weighted by atomic mass is 16.6. The van der Waals surface area contributed by atoms with Gasteiger partial charge in [-0.3, -0.25) is 15.5 Å². The zero-order chi connectivity index (χ0) is 26.3. The molecule has 0 aliphatic heterocycles. The highest BCUT2D eigenvalue weighted by Gasteiger charge is 2.25. The van der Waals surface area contributed by atoms with Crippen molar-refractivity contribution in [2.75, 3.05) is 18.9 Å². The minimum Gasteiger partial charge on any atom is -0.444 e. The van der Waals surface area contributed by atoms with E-state index in [1.165, 1.54) is 12.8 Å². The van der Waals surface area contributed by atoms with Crippen molar-refractivity contribution in [2.45, 2.75) is 65.0 Å². The van der Waals surface area contributed by atoms with E-state index in [1.807, 2.05) is 49.2 Å². The number of aryl methyl sites for hydroxylation is 1. The van der Waals surface area contributed by atoms with E-state index in [2.05, 4.69) is 22.5 Å². The van der Waals surface area contributed by atoms with Crippen LogP contribution in [-0.4, -0.2) is 48.0 Å². The van der Waals surface area contributed by atoms with Crippen molar-refractivity contribution in [1.29, 1.82) is 5.41 Å². The number of hydrogen-bond donors (Lipinski definition) is 3. The minimum atomic E-state index is -0.654. The Kier molecular flexibility index (Phi) is 8.76. The van der Waals surface area contributed by atoms with Gasteiger partial charge in [-0.25, -0.2) is 4.79 Å². The summed E-state index contributed by atoms with van der Waals surface area (Å²) in [7, 11) is 1.91. The minimum absolute atomic E-state index is 0.0256. The van der Waals surface area contributed by atoms with Crippen molar-refractivity contribution < 1.29 is 14.3 Å². The number of hydrogen-bond acceptors (Lipinski definition) is 5. The van der Waals surface area contributed by atoms with E-state index in [4.69, 9.17) is 10.1 Å². The lowest BCUT2D eigenvalue weighted by Crippen LogP contribution is -2.36. The average Bonchev–Trinajstić information content (AvgIpc) is 3.35. The second-order valence-electron chi connectivity index (χ2n) is 10.1. The standard InChI is InChI=1S/C29H36N4O3/c1-20-19-21(12-17-25(20)27(34)33(5)24-10-6-7-11-24)9-8-18-31-23-15-13-22(14-16-23)26(30)32-28(35)36-29(2,3)4/h12-17,19,24,31H,6-7,10-11,18H2,1-5H3,(H2,30,32,35). The molecule has 0 unspecified atom stereocenters. The second-order valence-corrected chi connectivity index (χ2v) is 10.1. The maximum atomic E-state index is 12.9. The number of alkyl carbamates (subject to hydrolysis) is 1. The summed E-state index contributed by atoms with van der Waals surface area (Å²) in [5.74, 6) is 6.31. The van der Waals surface area contributed by atoms with E-state index in [-0.39, 0.29) is 11.7 Å². The van der Waals surface area contributed by atoms with Gasteiger partial charge in [0.2, 0.25) is 0 Å². The summed E-state index contributed by atoms with van der Waals surface area (Å²) in [4.78, 5) is 26.6. The van der Waals surface area contributed by atoms with Crippen molar-refractivity contribution in [1.82, 2.24) is 10.2 Å². The smallest absolute Gasteiger partial charge is 0.413 e. The molecule has 1 saturated carbocycles. The second kappa shape index (κ2) is 11.8. The van der Waals surface area contributed by atoms with Crippen LogP contribution in [0.3, 0.4) is 0 Å². The summed E-state index contributed by atoms with van der Waals surface area (Å²) in [6.07, 6.45) is 3.92. The number of amides is 2. The number of ether oxygens (including phenoxy) is 1. The monoisotopic (exact) mass is 488 g/mol. The fraction of sp³-hybridized carbons (Fsp3) is 0.414. The van der Waals surface area contributed by atoms with Gasteiger partial charge in [-0.05, 0) is 88.6 Å². The summed E-state index contributed by atoms with van der Waals surface area (Å²) >= 11 is 0. The first-order chi connectivity index (χ1) is 17.0. The molecular weight excluding hydrogens is 452 g/mol. The Morgan fingerprint density at radius 2 is 1.78 bits per heavy atom. The van der Waals surface area contributed by atoms with E-state index < -0.39 is 11.7 Å². The number of nitrogens with one attached hydrogen (secondary N) is 3. The van der Waals surface area contributed by atoms with Crippen LogP contribution in [0.1, 0.15) is 73.5 Å². The molecule has 36 heavy (non-hydrogen) atoms. The van der Waals surface area contributed by atoms with E-state index >= 15 is 0 Å². The number of carbonyl (C=O) groups excluding carboxylic acids is 2. The van der Waals surface area contributed by atoms with Gasteiger partial charge in [-0.2, -0.15) is 0 Å². The highest BCUT2D eigenvalue weighted by molar-refractivity contribution is 6.04. The lowest BCUT2D eigenvalue weighted by atomic mass is 10.0. The van der Waals surface area contributed by atoms with Gasteiger partial charge >= 0.3 is 6.09 Å². The first kappa shape index (κ1) is 26.8. The Morgan fingerprint density at radius 1 is 1.11 bits per heavy atom. The predicted octanol–water partition coefficient (Wildman–Crippen LogP) is 5.32. The maximum absolute atomic E-state index is 12.9. The molecule has 1 aliphatic rings. The van der Waals surface area contributed by atoms with E-state index in [0.717, 1.165) is 35.2 Å². The van der Waals surface area contributed by atoms with Gasteiger partial charge in [-0.15, -0.1) is 0 Å². The summed E-state index contributed by atoms with van der Waals surface area (Å²) < 4.78 is 5.18. The molecule has 0 saturated heterocycles. The molecule has 3 N–H and O–H groups in total. The number of anilines is 1.